The molecule has 0 radical (unpaired) electrons. The zero-order chi connectivity index (χ0) is 9.97. The molecule has 0 spiro atoms. The molecule has 14 heavy (non-hydrogen) atoms. The molecule has 0 amide bonds. The van der Waals surface area contributed by atoms with Gasteiger partial charge in [-0.15, -0.1) is 0 Å². The van der Waals surface area contributed by atoms with Crippen molar-refractivity contribution in [2.75, 3.05) is 24.6 Å². The van der Waals surface area contributed by atoms with Gasteiger partial charge in [-0.25, -0.2) is 0 Å². The molecule has 0 saturated carbocycles. The number of hydrogen-bond acceptors (Lipinski definition) is 4. The number of halogens is 1. The van der Waals surface area contributed by atoms with Gasteiger partial charge in [-0.2, -0.15) is 0 Å². The Hall–Kier alpha value is -0.200. The first-order valence-corrected chi connectivity index (χ1v) is 6.70. The first-order valence-electron chi connectivity index (χ1n) is 4.42. The van der Waals surface area contributed by atoms with Gasteiger partial charge in [0.05, 0.1) is 6.54 Å². The minimum atomic E-state index is -0.611. The lowest BCUT2D eigenvalue weighted by molar-refractivity contribution is 0.248. The minimum absolute atomic E-state index is 0.611. The van der Waals surface area contributed by atoms with E-state index in [-0.39, 0.29) is 0 Å². The Kier molecular flexibility index (Phi) is 3.35. The highest BCUT2D eigenvalue weighted by Crippen LogP contribution is 2.13. The third-order valence-corrected chi connectivity index (χ3v) is 3.83. The zero-order valence-electron chi connectivity index (χ0n) is 7.61. The first-order chi connectivity index (χ1) is 6.74. The molecule has 2 rings (SSSR count). The van der Waals surface area contributed by atoms with Crippen molar-refractivity contribution in [3.63, 3.8) is 0 Å². The van der Waals surface area contributed by atoms with Crippen LogP contribution in [-0.2, 0) is 17.3 Å². The first kappa shape index (κ1) is 10.3. The van der Waals surface area contributed by atoms with Crippen LogP contribution in [0.1, 0.15) is 5.76 Å². The fourth-order valence-electron chi connectivity index (χ4n) is 1.42. The highest BCUT2D eigenvalue weighted by atomic mass is 79.9. The van der Waals surface area contributed by atoms with Crippen molar-refractivity contribution in [2.45, 2.75) is 6.54 Å². The topological polar surface area (TPSA) is 46.3 Å². The van der Waals surface area contributed by atoms with Crippen molar-refractivity contribution in [1.82, 2.24) is 10.1 Å². The van der Waals surface area contributed by atoms with Crippen molar-refractivity contribution in [1.29, 1.82) is 0 Å². The van der Waals surface area contributed by atoms with E-state index in [0.29, 0.717) is 0 Å². The molecule has 0 unspecified atom stereocenters. The monoisotopic (exact) mass is 278 g/mol. The van der Waals surface area contributed by atoms with Crippen molar-refractivity contribution in [3.8, 4) is 0 Å². The molecule has 0 aromatic carbocycles. The largest absolute Gasteiger partial charge is 0.359 e. The SMILES string of the molecule is O=S1CCN(Cc2cc(Br)no2)CC1. The molecule has 6 heteroatoms. The third-order valence-electron chi connectivity index (χ3n) is 2.18. The van der Waals surface area contributed by atoms with Gasteiger partial charge in [0.2, 0.25) is 0 Å². The summed E-state index contributed by atoms with van der Waals surface area (Å²) in [5.41, 5.74) is 0. The molecule has 1 aliphatic heterocycles. The van der Waals surface area contributed by atoms with E-state index >= 15 is 0 Å². The number of aromatic nitrogens is 1. The van der Waals surface area contributed by atoms with E-state index in [9.17, 15) is 4.21 Å². The Morgan fingerprint density at radius 3 is 2.86 bits per heavy atom. The van der Waals surface area contributed by atoms with E-state index in [0.717, 1.165) is 41.5 Å². The highest BCUT2D eigenvalue weighted by Gasteiger charge is 2.16. The second-order valence-corrected chi connectivity index (χ2v) is 5.75. The summed E-state index contributed by atoms with van der Waals surface area (Å²) in [5, 5.41) is 3.75. The van der Waals surface area contributed by atoms with Gasteiger partial charge in [-0.1, -0.05) is 5.16 Å². The Morgan fingerprint density at radius 1 is 1.57 bits per heavy atom. The van der Waals surface area contributed by atoms with Gasteiger partial charge in [-0.3, -0.25) is 9.11 Å². The van der Waals surface area contributed by atoms with E-state index in [1.807, 2.05) is 6.07 Å². The van der Waals surface area contributed by atoms with E-state index in [4.69, 9.17) is 4.52 Å². The maximum atomic E-state index is 11.1. The van der Waals surface area contributed by atoms with Crippen LogP contribution >= 0.6 is 15.9 Å². The molecule has 1 fully saturated rings. The van der Waals surface area contributed by atoms with Gasteiger partial charge >= 0.3 is 0 Å². The van der Waals surface area contributed by atoms with Crippen LogP contribution in [-0.4, -0.2) is 38.9 Å². The number of rotatable bonds is 2. The summed E-state index contributed by atoms with van der Waals surface area (Å²) in [6, 6.07) is 1.87. The molecule has 0 bridgehead atoms. The van der Waals surface area contributed by atoms with Crippen LogP contribution in [0, 0.1) is 0 Å². The van der Waals surface area contributed by atoms with Crippen LogP contribution in [0.25, 0.3) is 0 Å². The van der Waals surface area contributed by atoms with Crippen molar-refractivity contribution < 1.29 is 8.73 Å². The van der Waals surface area contributed by atoms with Crippen molar-refractivity contribution in [2.24, 2.45) is 0 Å². The average Bonchev–Trinajstić information content (AvgIpc) is 2.56. The van der Waals surface area contributed by atoms with Gasteiger partial charge in [-0.05, 0) is 15.9 Å². The van der Waals surface area contributed by atoms with Crippen LogP contribution < -0.4 is 0 Å². The second-order valence-electron chi connectivity index (χ2n) is 3.24. The quantitative estimate of drug-likeness (QED) is 0.810. The summed E-state index contributed by atoms with van der Waals surface area (Å²) >= 11 is 3.23. The normalized spacial score (nSPS) is 20.1. The fraction of sp³-hybridized carbons (Fsp3) is 0.625. The van der Waals surface area contributed by atoms with Gasteiger partial charge in [0.1, 0.15) is 4.60 Å². The lowest BCUT2D eigenvalue weighted by Gasteiger charge is -2.24. The van der Waals surface area contributed by atoms with Gasteiger partial charge in [0.15, 0.2) is 5.76 Å². The Labute approximate surface area is 93.2 Å². The summed E-state index contributed by atoms with van der Waals surface area (Å²) in [7, 11) is -0.611. The van der Waals surface area contributed by atoms with Crippen LogP contribution in [0.15, 0.2) is 15.2 Å². The highest BCUT2D eigenvalue weighted by molar-refractivity contribution is 9.10. The molecule has 4 nitrogen and oxygen atoms in total. The van der Waals surface area contributed by atoms with Gasteiger partial charge in [0.25, 0.3) is 0 Å². The molecule has 0 aliphatic carbocycles. The lowest BCUT2D eigenvalue weighted by atomic mass is 10.4. The summed E-state index contributed by atoms with van der Waals surface area (Å²) in [6.45, 7) is 2.52. The maximum absolute atomic E-state index is 11.1. The molecule has 0 atom stereocenters. The molecule has 1 saturated heterocycles. The van der Waals surface area contributed by atoms with Crippen LogP contribution in [0.2, 0.25) is 0 Å². The molecule has 1 aliphatic rings. The van der Waals surface area contributed by atoms with Crippen molar-refractivity contribution in [3.05, 3.63) is 16.4 Å². The van der Waals surface area contributed by atoms with Crippen LogP contribution in [0.5, 0.6) is 0 Å². The Morgan fingerprint density at radius 2 is 2.29 bits per heavy atom. The van der Waals surface area contributed by atoms with E-state index in [1.54, 1.807) is 0 Å². The predicted octanol–water partition coefficient (Wildman–Crippen LogP) is 1.00. The van der Waals surface area contributed by atoms with Crippen LogP contribution in [0.3, 0.4) is 0 Å². The minimum Gasteiger partial charge on any atom is -0.359 e. The van der Waals surface area contributed by atoms with E-state index in [1.165, 1.54) is 0 Å². The number of nitrogens with zero attached hydrogens (tertiary/aromatic N) is 2. The lowest BCUT2D eigenvalue weighted by Crippen LogP contribution is -2.37. The molecule has 1 aromatic heterocycles. The van der Waals surface area contributed by atoms with E-state index < -0.39 is 10.8 Å². The van der Waals surface area contributed by atoms with E-state index in [2.05, 4.69) is 26.0 Å². The summed E-state index contributed by atoms with van der Waals surface area (Å²) in [4.78, 5) is 2.23. The summed E-state index contributed by atoms with van der Waals surface area (Å²) < 4.78 is 16.9. The number of hydrogen-bond donors (Lipinski definition) is 0. The molecule has 78 valence electrons. The van der Waals surface area contributed by atoms with Gasteiger partial charge in [0, 0.05) is 41.5 Å². The smallest absolute Gasteiger partial charge is 0.151 e. The predicted molar refractivity (Wildman–Crippen MR) is 57.4 cm³/mol. The molecule has 2 heterocycles. The van der Waals surface area contributed by atoms with Gasteiger partial charge < -0.3 is 4.52 Å². The van der Waals surface area contributed by atoms with Crippen molar-refractivity contribution >= 4 is 26.7 Å². The standard InChI is InChI=1S/C8H11BrN2O2S/c9-8-5-7(13-10-8)6-11-1-3-14(12)4-2-11/h5H,1-4,6H2. The molecule has 1 aromatic rings. The maximum Gasteiger partial charge on any atom is 0.151 e. The Bertz CT molecular complexity index is 332. The Balaban J connectivity index is 1.89. The third kappa shape index (κ3) is 2.65. The zero-order valence-corrected chi connectivity index (χ0v) is 10.0. The summed E-state index contributed by atoms with van der Waals surface area (Å²) in [5.74, 6) is 2.40. The second kappa shape index (κ2) is 4.55. The fourth-order valence-corrected chi connectivity index (χ4v) is 2.87. The average molecular weight is 279 g/mol. The molecular formula is C8H11BrN2O2S. The summed E-state index contributed by atoms with van der Waals surface area (Å²) in [6.07, 6.45) is 0. The molecular weight excluding hydrogens is 268 g/mol. The van der Waals surface area contributed by atoms with Crippen LogP contribution in [0.4, 0.5) is 0 Å². The molecule has 0 N–H and O–H groups in total.